The predicted molar refractivity (Wildman–Crippen MR) is 120 cm³/mol. The summed E-state index contributed by atoms with van der Waals surface area (Å²) in [5.41, 5.74) is 2.38. The predicted octanol–water partition coefficient (Wildman–Crippen LogP) is 5.87. The van der Waals surface area contributed by atoms with Crippen LogP contribution in [0.25, 0.3) is 10.2 Å². The zero-order chi connectivity index (χ0) is 20.0. The Kier molecular flexibility index (Phi) is 5.73. The second kappa shape index (κ2) is 7.95. The molecule has 4 nitrogen and oxygen atoms in total. The van der Waals surface area contributed by atoms with Crippen LogP contribution in [-0.4, -0.2) is 21.1 Å². The van der Waals surface area contributed by atoms with Crippen molar-refractivity contribution >= 4 is 73.6 Å². The van der Waals surface area contributed by atoms with Crippen molar-refractivity contribution in [2.45, 2.75) is 37.9 Å². The lowest BCUT2D eigenvalue weighted by atomic mass is 10.2. The van der Waals surface area contributed by atoms with Gasteiger partial charge in [0.05, 0.1) is 15.5 Å². The van der Waals surface area contributed by atoms with E-state index in [0.717, 1.165) is 40.6 Å². The molecule has 1 aliphatic carbocycles. The number of thiophene rings is 2. The molecule has 0 saturated carbocycles. The van der Waals surface area contributed by atoms with Gasteiger partial charge in [-0.05, 0) is 37.8 Å². The summed E-state index contributed by atoms with van der Waals surface area (Å²) in [5, 5.41) is 1.27. The van der Waals surface area contributed by atoms with Gasteiger partial charge in [0.2, 0.25) is 0 Å². The van der Waals surface area contributed by atoms with Gasteiger partial charge in [-0.1, -0.05) is 47.1 Å². The van der Waals surface area contributed by atoms with E-state index in [1.54, 1.807) is 22.0 Å². The molecule has 0 bridgehead atoms. The molecule has 0 aromatic carbocycles. The number of ketones is 1. The third kappa shape index (κ3) is 3.71. The molecule has 3 aromatic heterocycles. The minimum absolute atomic E-state index is 0.0426. The highest BCUT2D eigenvalue weighted by Crippen LogP contribution is 2.36. The van der Waals surface area contributed by atoms with Crippen LogP contribution < -0.4 is 5.56 Å². The fourth-order valence-corrected chi connectivity index (χ4v) is 7.00. The number of aryl methyl sites for hydroxylation is 2. The molecule has 0 saturated heterocycles. The average molecular weight is 471 g/mol. The molecule has 0 unspecified atom stereocenters. The number of nitrogens with zero attached hydrogens (tertiary/aromatic N) is 2. The van der Waals surface area contributed by atoms with E-state index < -0.39 is 0 Å². The van der Waals surface area contributed by atoms with E-state index in [-0.39, 0.29) is 17.1 Å². The highest BCUT2D eigenvalue weighted by atomic mass is 35.5. The van der Waals surface area contributed by atoms with Gasteiger partial charge >= 0.3 is 0 Å². The minimum Gasteiger partial charge on any atom is -0.293 e. The summed E-state index contributed by atoms with van der Waals surface area (Å²) in [6, 6.07) is 1.58. The molecule has 3 heterocycles. The number of rotatable bonds is 6. The van der Waals surface area contributed by atoms with Gasteiger partial charge in [-0.3, -0.25) is 14.2 Å². The summed E-state index contributed by atoms with van der Waals surface area (Å²) in [7, 11) is 0. The Hall–Kier alpha value is -1.12. The van der Waals surface area contributed by atoms with Crippen LogP contribution in [0, 0.1) is 0 Å². The van der Waals surface area contributed by atoms with Crippen molar-refractivity contribution in [2.75, 3.05) is 5.75 Å². The zero-order valence-corrected chi connectivity index (χ0v) is 19.0. The molecule has 0 radical (unpaired) electrons. The summed E-state index contributed by atoms with van der Waals surface area (Å²) in [6.45, 7) is 6.20. The van der Waals surface area contributed by atoms with Crippen LogP contribution in [0.15, 0.2) is 28.2 Å². The van der Waals surface area contributed by atoms with Crippen molar-refractivity contribution in [2.24, 2.45) is 0 Å². The van der Waals surface area contributed by atoms with Gasteiger partial charge < -0.3 is 0 Å². The first kappa shape index (κ1) is 20.2. The van der Waals surface area contributed by atoms with Crippen LogP contribution in [0.1, 0.15) is 34.1 Å². The molecule has 9 heteroatoms. The van der Waals surface area contributed by atoms with Gasteiger partial charge in [-0.15, -0.1) is 22.7 Å². The summed E-state index contributed by atoms with van der Waals surface area (Å²) >= 11 is 16.0. The normalized spacial score (nSPS) is 13.2. The molecule has 0 aliphatic heterocycles. The van der Waals surface area contributed by atoms with Gasteiger partial charge in [0.25, 0.3) is 5.56 Å². The number of fused-ring (bicyclic) bond motifs is 3. The van der Waals surface area contributed by atoms with Crippen molar-refractivity contribution in [3.63, 3.8) is 0 Å². The van der Waals surface area contributed by atoms with Crippen molar-refractivity contribution < 1.29 is 4.79 Å². The van der Waals surface area contributed by atoms with E-state index in [1.165, 1.54) is 28.0 Å². The number of thioether (sulfide) groups is 1. The Morgan fingerprint density at radius 2 is 2.14 bits per heavy atom. The molecular weight excluding hydrogens is 455 g/mol. The van der Waals surface area contributed by atoms with Crippen molar-refractivity contribution in [1.29, 1.82) is 0 Å². The van der Waals surface area contributed by atoms with Crippen LogP contribution in [0.5, 0.6) is 0 Å². The number of carbonyl (C=O) groups excluding carboxylic acids is 1. The number of halogens is 2. The highest BCUT2D eigenvalue weighted by molar-refractivity contribution is 7.99. The Balaban J connectivity index is 1.71. The molecular formula is C19H16Cl2N2O2S3. The van der Waals surface area contributed by atoms with E-state index in [2.05, 4.69) is 6.58 Å². The molecule has 4 rings (SSSR count). The van der Waals surface area contributed by atoms with Crippen LogP contribution in [0.2, 0.25) is 8.67 Å². The highest BCUT2D eigenvalue weighted by Gasteiger charge is 2.24. The van der Waals surface area contributed by atoms with E-state index in [9.17, 15) is 9.59 Å². The Labute approximate surface area is 184 Å². The monoisotopic (exact) mass is 470 g/mol. The van der Waals surface area contributed by atoms with E-state index in [0.29, 0.717) is 25.9 Å². The number of Topliss-reactive ketones (excluding diaryl/α,β-unsaturated/α-hetero) is 1. The van der Waals surface area contributed by atoms with Crippen LogP contribution in [0.4, 0.5) is 0 Å². The smallest absolute Gasteiger partial charge is 0.263 e. The Bertz CT molecular complexity index is 1180. The maximum atomic E-state index is 13.2. The third-order valence-corrected chi connectivity index (χ3v) is 8.16. The molecule has 28 heavy (non-hydrogen) atoms. The first-order valence-electron chi connectivity index (χ1n) is 8.65. The zero-order valence-electron chi connectivity index (χ0n) is 15.0. The molecule has 0 N–H and O–H groups in total. The molecule has 0 spiro atoms. The summed E-state index contributed by atoms with van der Waals surface area (Å²) < 4.78 is 2.49. The molecule has 3 aromatic rings. The Morgan fingerprint density at radius 3 is 2.82 bits per heavy atom. The fraction of sp³-hybridized carbons (Fsp3) is 0.316. The lowest BCUT2D eigenvalue weighted by Gasteiger charge is -2.12. The first-order chi connectivity index (χ1) is 13.3. The number of allylic oxidation sites excluding steroid dienone is 1. The fourth-order valence-electron chi connectivity index (χ4n) is 3.32. The third-order valence-electron chi connectivity index (χ3n) is 4.51. The maximum absolute atomic E-state index is 13.2. The SMILES string of the molecule is C=C(C)Cn1c(SCC(=O)c2cc(Cl)sc2Cl)nc2sc3c(c2c1=O)CCC3. The number of carbonyl (C=O) groups is 1. The van der Waals surface area contributed by atoms with Crippen LogP contribution in [-0.2, 0) is 19.4 Å². The molecule has 0 amide bonds. The molecule has 0 fully saturated rings. The van der Waals surface area contributed by atoms with Crippen LogP contribution >= 0.6 is 57.6 Å². The second-order valence-electron chi connectivity index (χ2n) is 6.73. The lowest BCUT2D eigenvalue weighted by molar-refractivity contribution is 0.102. The largest absolute Gasteiger partial charge is 0.293 e. The Morgan fingerprint density at radius 1 is 1.36 bits per heavy atom. The standard InChI is InChI=1S/C19H16Cl2N2O2S3/c1-9(2)7-23-18(25)15-10-4-3-5-13(10)27-17(15)22-19(23)26-8-12(24)11-6-14(20)28-16(11)21/h6H,1,3-5,7-8H2,2H3. The average Bonchev–Trinajstić information content (AvgIpc) is 3.29. The molecule has 1 aliphatic rings. The van der Waals surface area contributed by atoms with Crippen molar-refractivity contribution in [3.05, 3.63) is 53.2 Å². The van der Waals surface area contributed by atoms with Crippen molar-refractivity contribution in [3.8, 4) is 0 Å². The van der Waals surface area contributed by atoms with E-state index in [1.807, 2.05) is 6.92 Å². The van der Waals surface area contributed by atoms with E-state index >= 15 is 0 Å². The molecule has 0 atom stereocenters. The number of hydrogen-bond acceptors (Lipinski definition) is 6. The van der Waals surface area contributed by atoms with Crippen LogP contribution in [0.3, 0.4) is 0 Å². The number of aromatic nitrogens is 2. The summed E-state index contributed by atoms with van der Waals surface area (Å²) in [5.74, 6) is -0.00511. The van der Waals surface area contributed by atoms with E-state index in [4.69, 9.17) is 28.2 Å². The maximum Gasteiger partial charge on any atom is 0.263 e. The second-order valence-corrected chi connectivity index (χ2v) is 11.0. The number of hydrogen-bond donors (Lipinski definition) is 0. The minimum atomic E-state index is -0.136. The summed E-state index contributed by atoms with van der Waals surface area (Å²) in [6.07, 6.45) is 3.03. The first-order valence-corrected chi connectivity index (χ1v) is 12.0. The summed E-state index contributed by atoms with van der Waals surface area (Å²) in [4.78, 5) is 32.6. The quantitative estimate of drug-likeness (QED) is 0.195. The van der Waals surface area contributed by atoms with Gasteiger partial charge in [-0.25, -0.2) is 4.98 Å². The lowest BCUT2D eigenvalue weighted by Crippen LogP contribution is -2.24. The van der Waals surface area contributed by atoms with Gasteiger partial charge in [-0.2, -0.15) is 0 Å². The van der Waals surface area contributed by atoms with Crippen molar-refractivity contribution in [1.82, 2.24) is 9.55 Å². The topological polar surface area (TPSA) is 52.0 Å². The van der Waals surface area contributed by atoms with Gasteiger partial charge in [0.15, 0.2) is 10.9 Å². The molecule has 146 valence electrons. The van der Waals surface area contributed by atoms with Gasteiger partial charge in [0, 0.05) is 17.0 Å². The van der Waals surface area contributed by atoms with Gasteiger partial charge in [0.1, 0.15) is 9.17 Å².